The highest BCUT2D eigenvalue weighted by molar-refractivity contribution is 5.89. The number of nitrogens with zero attached hydrogens (tertiary/aromatic N) is 1. The minimum atomic E-state index is -0.293. The van der Waals surface area contributed by atoms with E-state index in [2.05, 4.69) is 19.2 Å². The van der Waals surface area contributed by atoms with Crippen LogP contribution in [0.5, 0.6) is 0 Å². The highest BCUT2D eigenvalue weighted by atomic mass is 19.1. The van der Waals surface area contributed by atoms with Crippen molar-refractivity contribution in [3.63, 3.8) is 0 Å². The number of likely N-dealkylation sites (tertiary alicyclic amines) is 1. The Labute approximate surface area is 113 Å². The number of piperidine rings is 1. The van der Waals surface area contributed by atoms with E-state index in [4.69, 9.17) is 0 Å². The average molecular weight is 264 g/mol. The van der Waals surface area contributed by atoms with Crippen LogP contribution in [0.4, 0.5) is 14.9 Å². The first-order valence-corrected chi connectivity index (χ1v) is 6.77. The molecule has 1 heterocycles. The molecule has 104 valence electrons. The molecule has 2 amide bonds. The van der Waals surface area contributed by atoms with Crippen molar-refractivity contribution in [2.45, 2.75) is 27.2 Å². The van der Waals surface area contributed by atoms with Gasteiger partial charge in [0.25, 0.3) is 0 Å². The Balaban J connectivity index is 2.02. The average Bonchev–Trinajstić information content (AvgIpc) is 2.32. The standard InChI is InChI=1S/C15H21FN2O/c1-10-6-11(2)9-18(8-10)15(19)17-13-5-4-12(3)14(16)7-13/h4-5,7,10-11H,6,8-9H2,1-3H3,(H,17,19)/t10-,11-/m0/s1. The highest BCUT2D eigenvalue weighted by Crippen LogP contribution is 2.22. The van der Waals surface area contributed by atoms with Crippen LogP contribution in [0.3, 0.4) is 0 Å². The summed E-state index contributed by atoms with van der Waals surface area (Å²) in [5.74, 6) is 0.742. The molecule has 1 aromatic carbocycles. The zero-order valence-corrected chi connectivity index (χ0v) is 11.7. The molecule has 1 aliphatic rings. The summed E-state index contributed by atoms with van der Waals surface area (Å²) in [5.41, 5.74) is 1.09. The molecule has 0 aliphatic carbocycles. The Hall–Kier alpha value is -1.58. The van der Waals surface area contributed by atoms with Crippen LogP contribution in [-0.2, 0) is 0 Å². The number of nitrogens with one attached hydrogen (secondary N) is 1. The molecule has 0 radical (unpaired) electrons. The zero-order valence-electron chi connectivity index (χ0n) is 11.7. The number of aryl methyl sites for hydroxylation is 1. The molecule has 1 aromatic rings. The molecule has 0 aromatic heterocycles. The van der Waals surface area contributed by atoms with Gasteiger partial charge in [0.05, 0.1) is 0 Å². The van der Waals surface area contributed by atoms with Crippen molar-refractivity contribution in [3.05, 3.63) is 29.6 Å². The van der Waals surface area contributed by atoms with Gasteiger partial charge in [-0.2, -0.15) is 0 Å². The van der Waals surface area contributed by atoms with Crippen LogP contribution in [0.15, 0.2) is 18.2 Å². The van der Waals surface area contributed by atoms with Gasteiger partial charge in [0.15, 0.2) is 0 Å². The Morgan fingerprint density at radius 3 is 2.53 bits per heavy atom. The molecule has 1 saturated heterocycles. The van der Waals surface area contributed by atoms with E-state index in [-0.39, 0.29) is 11.8 Å². The Kier molecular flexibility index (Phi) is 4.08. The van der Waals surface area contributed by atoms with Crippen molar-refractivity contribution in [2.75, 3.05) is 18.4 Å². The quantitative estimate of drug-likeness (QED) is 0.825. The Bertz CT molecular complexity index is 465. The molecular weight excluding hydrogens is 243 g/mol. The number of benzene rings is 1. The second kappa shape index (κ2) is 5.59. The summed E-state index contributed by atoms with van der Waals surface area (Å²) in [5, 5.41) is 2.77. The lowest BCUT2D eigenvalue weighted by atomic mass is 9.92. The molecule has 0 saturated carbocycles. The van der Waals surface area contributed by atoms with E-state index in [1.807, 2.05) is 4.90 Å². The van der Waals surface area contributed by atoms with Crippen LogP contribution in [-0.4, -0.2) is 24.0 Å². The summed E-state index contributed by atoms with van der Waals surface area (Å²) in [7, 11) is 0. The predicted molar refractivity (Wildman–Crippen MR) is 74.7 cm³/mol. The summed E-state index contributed by atoms with van der Waals surface area (Å²) in [6, 6.07) is 4.63. The maximum Gasteiger partial charge on any atom is 0.321 e. The summed E-state index contributed by atoms with van der Waals surface area (Å²) in [6.07, 6.45) is 1.16. The first-order valence-electron chi connectivity index (χ1n) is 6.77. The van der Waals surface area contributed by atoms with E-state index < -0.39 is 0 Å². The monoisotopic (exact) mass is 264 g/mol. The first-order chi connectivity index (χ1) is 8.95. The molecule has 1 N–H and O–H groups in total. The van der Waals surface area contributed by atoms with Crippen molar-refractivity contribution in [3.8, 4) is 0 Å². The molecule has 1 fully saturated rings. The number of carbonyl (C=O) groups is 1. The van der Waals surface area contributed by atoms with Crippen LogP contribution in [0.25, 0.3) is 0 Å². The third-order valence-electron chi connectivity index (χ3n) is 3.58. The maximum absolute atomic E-state index is 13.4. The number of anilines is 1. The zero-order chi connectivity index (χ0) is 14.0. The molecular formula is C15H21FN2O. The van der Waals surface area contributed by atoms with E-state index in [0.717, 1.165) is 19.5 Å². The van der Waals surface area contributed by atoms with E-state index in [0.29, 0.717) is 23.1 Å². The van der Waals surface area contributed by atoms with Crippen LogP contribution < -0.4 is 5.32 Å². The van der Waals surface area contributed by atoms with E-state index >= 15 is 0 Å². The van der Waals surface area contributed by atoms with Gasteiger partial charge in [0.2, 0.25) is 0 Å². The Morgan fingerprint density at radius 2 is 1.95 bits per heavy atom. The number of halogens is 1. The van der Waals surface area contributed by atoms with Gasteiger partial charge < -0.3 is 10.2 Å². The number of carbonyl (C=O) groups excluding carboxylic acids is 1. The molecule has 1 aliphatic heterocycles. The van der Waals surface area contributed by atoms with Crippen molar-refractivity contribution < 1.29 is 9.18 Å². The van der Waals surface area contributed by atoms with E-state index in [9.17, 15) is 9.18 Å². The molecule has 4 heteroatoms. The van der Waals surface area contributed by atoms with Crippen LogP contribution in [0.1, 0.15) is 25.8 Å². The van der Waals surface area contributed by atoms with Gasteiger partial charge in [-0.1, -0.05) is 19.9 Å². The fourth-order valence-corrected chi connectivity index (χ4v) is 2.70. The van der Waals surface area contributed by atoms with Gasteiger partial charge in [-0.15, -0.1) is 0 Å². The summed E-state index contributed by atoms with van der Waals surface area (Å²) in [4.78, 5) is 14.0. The molecule has 19 heavy (non-hydrogen) atoms. The van der Waals surface area contributed by atoms with Gasteiger partial charge in [-0.3, -0.25) is 0 Å². The van der Waals surface area contributed by atoms with Crippen molar-refractivity contribution >= 4 is 11.7 Å². The molecule has 2 rings (SSSR count). The lowest BCUT2D eigenvalue weighted by Crippen LogP contribution is -2.44. The molecule has 0 unspecified atom stereocenters. The Morgan fingerprint density at radius 1 is 1.32 bits per heavy atom. The maximum atomic E-state index is 13.4. The third-order valence-corrected chi connectivity index (χ3v) is 3.58. The van der Waals surface area contributed by atoms with Crippen LogP contribution >= 0.6 is 0 Å². The smallest absolute Gasteiger partial charge is 0.321 e. The molecule has 0 spiro atoms. The number of hydrogen-bond acceptors (Lipinski definition) is 1. The fourth-order valence-electron chi connectivity index (χ4n) is 2.70. The number of amides is 2. The van der Waals surface area contributed by atoms with Gasteiger partial charge in [0, 0.05) is 18.8 Å². The second-order valence-corrected chi connectivity index (χ2v) is 5.75. The topological polar surface area (TPSA) is 32.3 Å². The highest BCUT2D eigenvalue weighted by Gasteiger charge is 2.25. The summed E-state index contributed by atoms with van der Waals surface area (Å²) in [6.45, 7) is 7.55. The van der Waals surface area contributed by atoms with E-state index in [1.165, 1.54) is 6.07 Å². The minimum absolute atomic E-state index is 0.137. The number of rotatable bonds is 1. The van der Waals surface area contributed by atoms with Gasteiger partial charge in [0.1, 0.15) is 5.82 Å². The fraction of sp³-hybridized carbons (Fsp3) is 0.533. The van der Waals surface area contributed by atoms with E-state index in [1.54, 1.807) is 19.1 Å². The largest absolute Gasteiger partial charge is 0.324 e. The normalized spacial score (nSPS) is 23.3. The van der Waals surface area contributed by atoms with Gasteiger partial charge >= 0.3 is 6.03 Å². The molecule has 2 atom stereocenters. The van der Waals surface area contributed by atoms with Crippen molar-refractivity contribution in [1.29, 1.82) is 0 Å². The second-order valence-electron chi connectivity index (χ2n) is 5.75. The number of hydrogen-bond donors (Lipinski definition) is 1. The first kappa shape index (κ1) is 13.8. The predicted octanol–water partition coefficient (Wildman–Crippen LogP) is 3.64. The van der Waals surface area contributed by atoms with Crippen molar-refractivity contribution in [1.82, 2.24) is 4.90 Å². The van der Waals surface area contributed by atoms with Crippen molar-refractivity contribution in [2.24, 2.45) is 11.8 Å². The molecule has 3 nitrogen and oxygen atoms in total. The number of urea groups is 1. The SMILES string of the molecule is Cc1ccc(NC(=O)N2C[C@@H](C)C[C@H](C)C2)cc1F. The van der Waals surface area contributed by atoms with Crippen LogP contribution in [0, 0.1) is 24.6 Å². The van der Waals surface area contributed by atoms with Gasteiger partial charge in [-0.25, -0.2) is 9.18 Å². The lowest BCUT2D eigenvalue weighted by Gasteiger charge is -2.34. The third kappa shape index (κ3) is 3.46. The minimum Gasteiger partial charge on any atom is -0.324 e. The summed E-state index contributed by atoms with van der Waals surface area (Å²) >= 11 is 0. The molecule has 0 bridgehead atoms. The van der Waals surface area contributed by atoms with Crippen LogP contribution in [0.2, 0.25) is 0 Å². The van der Waals surface area contributed by atoms with Gasteiger partial charge in [-0.05, 0) is 42.9 Å². The lowest BCUT2D eigenvalue weighted by molar-refractivity contribution is 0.156. The summed E-state index contributed by atoms with van der Waals surface area (Å²) < 4.78 is 13.4.